The van der Waals surface area contributed by atoms with Crippen LogP contribution >= 0.6 is 11.3 Å². The fraction of sp³-hybridized carbons (Fsp3) is 0.571. The van der Waals surface area contributed by atoms with Gasteiger partial charge in [-0.1, -0.05) is 33.3 Å². The Morgan fingerprint density at radius 2 is 2.08 bits per heavy atom. The Kier molecular flexibility index (Phi) is 5.29. The van der Waals surface area contributed by atoms with Crippen molar-refractivity contribution in [3.63, 3.8) is 0 Å². The van der Waals surface area contributed by atoms with E-state index in [2.05, 4.69) is 55.5 Å². The Morgan fingerprint density at radius 3 is 2.67 bits per heavy atom. The van der Waals surface area contributed by atoms with Gasteiger partial charge in [-0.2, -0.15) is 11.3 Å². The van der Waals surface area contributed by atoms with E-state index >= 15 is 0 Å². The predicted molar refractivity (Wildman–Crippen MR) is 102 cm³/mol. The van der Waals surface area contributed by atoms with Gasteiger partial charge in [0.15, 0.2) is 5.78 Å². The van der Waals surface area contributed by atoms with Crippen molar-refractivity contribution in [1.82, 2.24) is 4.90 Å². The second kappa shape index (κ2) is 7.26. The molecular weight excluding hydrogens is 314 g/mol. The van der Waals surface area contributed by atoms with Crippen LogP contribution in [0.5, 0.6) is 0 Å². The molecule has 0 radical (unpaired) electrons. The van der Waals surface area contributed by atoms with E-state index in [4.69, 9.17) is 0 Å². The minimum atomic E-state index is 0.163. The maximum Gasteiger partial charge on any atom is 0.161 e. The van der Waals surface area contributed by atoms with Gasteiger partial charge in [0.1, 0.15) is 0 Å². The van der Waals surface area contributed by atoms with E-state index in [9.17, 15) is 4.79 Å². The first-order chi connectivity index (χ1) is 11.6. The van der Waals surface area contributed by atoms with Gasteiger partial charge in [-0.3, -0.25) is 4.79 Å². The van der Waals surface area contributed by atoms with E-state index in [1.807, 2.05) is 0 Å². The van der Waals surface area contributed by atoms with E-state index in [-0.39, 0.29) is 5.92 Å². The van der Waals surface area contributed by atoms with E-state index in [1.165, 1.54) is 17.0 Å². The van der Waals surface area contributed by atoms with E-state index in [1.54, 1.807) is 11.3 Å². The highest BCUT2D eigenvalue weighted by Gasteiger charge is 2.38. The molecule has 2 aliphatic rings. The summed E-state index contributed by atoms with van der Waals surface area (Å²) < 4.78 is 0. The highest BCUT2D eigenvalue weighted by molar-refractivity contribution is 7.08. The molecule has 3 heteroatoms. The topological polar surface area (TPSA) is 20.3 Å². The minimum absolute atomic E-state index is 0.163. The van der Waals surface area contributed by atoms with Crippen molar-refractivity contribution >= 4 is 17.1 Å². The second-order valence-electron chi connectivity index (χ2n) is 7.38. The van der Waals surface area contributed by atoms with Gasteiger partial charge in [0.05, 0.1) is 0 Å². The molecule has 2 nitrogen and oxygen atoms in total. The van der Waals surface area contributed by atoms with E-state index < -0.39 is 0 Å². The quantitative estimate of drug-likeness (QED) is 0.679. The van der Waals surface area contributed by atoms with Gasteiger partial charge in [-0.05, 0) is 54.0 Å². The number of ketones is 1. The molecule has 130 valence electrons. The molecule has 24 heavy (non-hydrogen) atoms. The first-order valence-electron chi connectivity index (χ1n) is 9.33. The van der Waals surface area contributed by atoms with Gasteiger partial charge in [0.2, 0.25) is 0 Å². The summed E-state index contributed by atoms with van der Waals surface area (Å²) in [5, 5.41) is 4.33. The average Bonchev–Trinajstić information content (AvgIpc) is 3.08. The third kappa shape index (κ3) is 3.11. The van der Waals surface area contributed by atoms with E-state index in [0.29, 0.717) is 24.0 Å². The normalized spacial score (nSPS) is 24.5. The summed E-state index contributed by atoms with van der Waals surface area (Å²) in [4.78, 5) is 15.5. The van der Waals surface area contributed by atoms with Crippen LogP contribution < -0.4 is 0 Å². The Balaban J connectivity index is 2.08. The van der Waals surface area contributed by atoms with Crippen LogP contribution in [0.25, 0.3) is 0 Å². The molecule has 0 amide bonds. The SMILES string of the molecule is CCCC1=CC(c2ccsc2)C2=C(CC(C(C)C)CC2=O)N1CC. The van der Waals surface area contributed by atoms with E-state index in [0.717, 1.165) is 31.4 Å². The number of hydrogen-bond donors (Lipinski definition) is 0. The molecule has 2 unspecified atom stereocenters. The fourth-order valence-corrected chi connectivity index (χ4v) is 4.84. The van der Waals surface area contributed by atoms with Crippen LogP contribution in [-0.2, 0) is 4.79 Å². The van der Waals surface area contributed by atoms with Crippen molar-refractivity contribution in [2.45, 2.75) is 59.3 Å². The van der Waals surface area contributed by atoms with Crippen molar-refractivity contribution in [2.24, 2.45) is 11.8 Å². The summed E-state index contributed by atoms with van der Waals surface area (Å²) in [5.41, 5.74) is 5.09. The third-order valence-electron chi connectivity index (χ3n) is 5.52. The summed E-state index contributed by atoms with van der Waals surface area (Å²) in [6, 6.07) is 2.18. The molecule has 1 aromatic heterocycles. The van der Waals surface area contributed by atoms with Crippen LogP contribution in [-0.4, -0.2) is 17.2 Å². The lowest BCUT2D eigenvalue weighted by Crippen LogP contribution is -2.36. The Hall–Kier alpha value is -1.35. The van der Waals surface area contributed by atoms with Crippen molar-refractivity contribution < 1.29 is 4.79 Å². The highest BCUT2D eigenvalue weighted by Crippen LogP contribution is 2.45. The second-order valence-corrected chi connectivity index (χ2v) is 8.16. The summed E-state index contributed by atoms with van der Waals surface area (Å²) in [5.74, 6) is 1.57. The van der Waals surface area contributed by atoms with Crippen LogP contribution in [0.2, 0.25) is 0 Å². The van der Waals surface area contributed by atoms with Gasteiger partial charge in [-0.25, -0.2) is 0 Å². The molecular formula is C21H29NOS. The molecule has 1 aliphatic carbocycles. The first-order valence-corrected chi connectivity index (χ1v) is 10.3. The van der Waals surface area contributed by atoms with Gasteiger partial charge in [0.25, 0.3) is 0 Å². The molecule has 1 aliphatic heterocycles. The number of carbonyl (C=O) groups excluding carboxylic acids is 1. The molecule has 3 rings (SSSR count). The third-order valence-corrected chi connectivity index (χ3v) is 6.23. The number of carbonyl (C=O) groups is 1. The molecule has 0 aromatic carbocycles. The van der Waals surface area contributed by atoms with Crippen LogP contribution in [0, 0.1) is 11.8 Å². The molecule has 0 saturated heterocycles. The summed E-state index contributed by atoms with van der Waals surface area (Å²) in [6.07, 6.45) is 6.36. The van der Waals surface area contributed by atoms with Crippen LogP contribution in [0.1, 0.15) is 64.9 Å². The molecule has 1 aromatic rings. The van der Waals surface area contributed by atoms with Crippen LogP contribution in [0.3, 0.4) is 0 Å². The lowest BCUT2D eigenvalue weighted by Gasteiger charge is -2.42. The lowest BCUT2D eigenvalue weighted by molar-refractivity contribution is -0.117. The number of rotatable bonds is 5. The molecule has 0 saturated carbocycles. The zero-order valence-electron chi connectivity index (χ0n) is 15.3. The summed E-state index contributed by atoms with van der Waals surface area (Å²) >= 11 is 1.72. The maximum absolute atomic E-state index is 13.1. The number of Topliss-reactive ketones (excluding diaryl/α,β-unsaturated/α-hetero) is 1. The smallest absolute Gasteiger partial charge is 0.161 e. The summed E-state index contributed by atoms with van der Waals surface area (Å²) in [6.45, 7) is 9.91. The maximum atomic E-state index is 13.1. The number of nitrogens with zero attached hydrogens (tertiary/aromatic N) is 1. The van der Waals surface area contributed by atoms with Crippen LogP contribution in [0.15, 0.2) is 39.9 Å². The standard InChI is InChI=1S/C21H29NOS/c1-5-7-17-12-18(15-8-9-24-13-15)21-19(22(17)6-2)10-16(14(3)4)11-20(21)23/h8-9,12-14,16,18H,5-7,10-11H2,1-4H3. The van der Waals surface area contributed by atoms with Gasteiger partial charge >= 0.3 is 0 Å². The number of hydrogen-bond acceptors (Lipinski definition) is 3. The Labute approximate surface area is 150 Å². The molecule has 0 spiro atoms. The Bertz CT molecular complexity index is 653. The molecule has 0 fully saturated rings. The minimum Gasteiger partial charge on any atom is -0.349 e. The van der Waals surface area contributed by atoms with Crippen molar-refractivity contribution in [1.29, 1.82) is 0 Å². The Morgan fingerprint density at radius 1 is 1.29 bits per heavy atom. The zero-order chi connectivity index (χ0) is 17.3. The summed E-state index contributed by atoms with van der Waals surface area (Å²) in [7, 11) is 0. The van der Waals surface area contributed by atoms with Crippen LogP contribution in [0.4, 0.5) is 0 Å². The van der Waals surface area contributed by atoms with Gasteiger partial charge < -0.3 is 4.90 Å². The van der Waals surface area contributed by atoms with Crippen molar-refractivity contribution in [3.8, 4) is 0 Å². The van der Waals surface area contributed by atoms with Gasteiger partial charge in [0, 0.05) is 35.9 Å². The first kappa shape index (κ1) is 17.5. The number of thiophene rings is 1. The molecule has 0 N–H and O–H groups in total. The number of allylic oxidation sites excluding steroid dienone is 4. The van der Waals surface area contributed by atoms with Gasteiger partial charge in [-0.15, -0.1) is 0 Å². The zero-order valence-corrected chi connectivity index (χ0v) is 16.2. The van der Waals surface area contributed by atoms with Crippen molar-refractivity contribution in [3.05, 3.63) is 45.4 Å². The largest absolute Gasteiger partial charge is 0.349 e. The predicted octanol–water partition coefficient (Wildman–Crippen LogP) is 5.74. The highest BCUT2D eigenvalue weighted by atomic mass is 32.1. The molecule has 0 bridgehead atoms. The van der Waals surface area contributed by atoms with Crippen molar-refractivity contribution in [2.75, 3.05) is 6.54 Å². The fourth-order valence-electron chi connectivity index (χ4n) is 4.14. The molecule has 2 atom stereocenters. The monoisotopic (exact) mass is 343 g/mol. The lowest BCUT2D eigenvalue weighted by atomic mass is 9.73. The molecule has 2 heterocycles. The average molecular weight is 344 g/mol.